The highest BCUT2D eigenvalue weighted by molar-refractivity contribution is 14.1. The van der Waals surface area contributed by atoms with Gasteiger partial charge in [0.25, 0.3) is 0 Å². The summed E-state index contributed by atoms with van der Waals surface area (Å²) in [5.74, 6) is 1.86. The molecule has 0 aliphatic carbocycles. The van der Waals surface area contributed by atoms with Gasteiger partial charge in [0, 0.05) is 78.6 Å². The molecule has 0 fully saturated rings. The number of rotatable bonds is 33. The molecule has 0 unspecified atom stereocenters. The number of carbonyl (C=O) groups is 7. The maximum absolute atomic E-state index is 11.6. The van der Waals surface area contributed by atoms with Gasteiger partial charge in [0.2, 0.25) is 5.91 Å². The predicted molar refractivity (Wildman–Crippen MR) is 285 cm³/mol. The Hall–Kier alpha value is -1.88. The van der Waals surface area contributed by atoms with Crippen LogP contribution in [0, 0.1) is 21.7 Å². The Morgan fingerprint density at radius 3 is 1.21 bits per heavy atom. The normalized spacial score (nSPS) is 11.7. The highest BCUT2D eigenvalue weighted by atomic mass is 127. The van der Waals surface area contributed by atoms with Crippen molar-refractivity contribution < 1.29 is 51.5 Å². The van der Waals surface area contributed by atoms with E-state index in [-0.39, 0.29) is 56.5 Å². The van der Waals surface area contributed by atoms with Crippen molar-refractivity contribution in [3.05, 3.63) is 12.0 Å². The van der Waals surface area contributed by atoms with Crippen molar-refractivity contribution in [3.63, 3.8) is 0 Å². The second-order valence-electron chi connectivity index (χ2n) is 20.9. The summed E-state index contributed by atoms with van der Waals surface area (Å²) in [5, 5.41) is 3.71. The third-order valence-corrected chi connectivity index (χ3v) is 12.7. The lowest BCUT2D eigenvalue weighted by molar-refractivity contribution is -0.128. The zero-order chi connectivity index (χ0) is 52.8. The number of Topliss-reactive ketones (excluding diaryl/α,β-unsaturated/α-hetero) is 6. The molecular weight excluding hydrogens is 1010 g/mol. The second kappa shape index (κ2) is 40.8. The third kappa shape index (κ3) is 50.3. The molecular formula is C52H95ClINO11S. The molecule has 15 heteroatoms. The van der Waals surface area contributed by atoms with Gasteiger partial charge in [-0.15, -0.1) is 11.6 Å². The maximum atomic E-state index is 11.6. The molecule has 0 aliphatic rings. The van der Waals surface area contributed by atoms with E-state index in [1.54, 1.807) is 0 Å². The zero-order valence-corrected chi connectivity index (χ0v) is 48.1. The van der Waals surface area contributed by atoms with Crippen LogP contribution in [-0.2, 0) is 52.9 Å². The summed E-state index contributed by atoms with van der Waals surface area (Å²) in [4.78, 5) is 79.1. The van der Waals surface area contributed by atoms with Crippen LogP contribution in [0.3, 0.4) is 0 Å². The zero-order valence-electron chi connectivity index (χ0n) is 44.3. The smallest absolute Gasteiger partial charge is 0.219 e. The number of hydrogen-bond donors (Lipinski definition) is 1. The summed E-state index contributed by atoms with van der Waals surface area (Å²) in [5.41, 5.74) is -0.990. The molecule has 1 N–H and O–H groups in total. The van der Waals surface area contributed by atoms with Gasteiger partial charge in [-0.1, -0.05) is 151 Å². The number of ketones is 6. The molecule has 0 saturated carbocycles. The Morgan fingerprint density at radius 2 is 0.866 bits per heavy atom. The molecule has 0 rings (SSSR count). The molecule has 0 aromatic heterocycles. The van der Waals surface area contributed by atoms with E-state index in [4.69, 9.17) is 21.1 Å². The Bertz CT molecular complexity index is 1470. The number of hydrogen-bond acceptors (Lipinski definition) is 11. The third-order valence-electron chi connectivity index (χ3n) is 10.2. The minimum absolute atomic E-state index is 0.0283. The van der Waals surface area contributed by atoms with Gasteiger partial charge in [-0.05, 0) is 38.5 Å². The van der Waals surface area contributed by atoms with Gasteiger partial charge in [-0.25, -0.2) is 8.42 Å². The summed E-state index contributed by atoms with van der Waals surface area (Å²) in [7, 11) is -3.07. The van der Waals surface area contributed by atoms with Crippen molar-refractivity contribution in [1.82, 2.24) is 5.32 Å². The van der Waals surface area contributed by atoms with Crippen LogP contribution in [0.15, 0.2) is 12.0 Å². The van der Waals surface area contributed by atoms with Crippen LogP contribution in [0.4, 0.5) is 0 Å². The number of sulfone groups is 1. The summed E-state index contributed by atoms with van der Waals surface area (Å²) in [6.45, 7) is 30.6. The fraction of sp³-hybridized carbons (Fsp3) is 0.827. The first kappa shape index (κ1) is 71.7. The molecule has 0 aromatic rings. The molecule has 0 saturated heterocycles. The van der Waals surface area contributed by atoms with Gasteiger partial charge in [-0.3, -0.25) is 33.6 Å². The summed E-state index contributed by atoms with van der Waals surface area (Å²) in [6, 6.07) is 0. The average molecular weight is 1100 g/mol. The average Bonchev–Trinajstić information content (AvgIpc) is 3.23. The monoisotopic (exact) mass is 1100 g/mol. The minimum atomic E-state index is -3.07. The molecule has 394 valence electrons. The lowest BCUT2D eigenvalue weighted by Crippen LogP contribution is -2.26. The number of ether oxygens (including phenoxy) is 2. The Kier molecular flexibility index (Phi) is 43.7. The summed E-state index contributed by atoms with van der Waals surface area (Å²) in [6.07, 6.45) is 14.2. The molecule has 0 atom stereocenters. The quantitative estimate of drug-likeness (QED) is 0.0375. The molecule has 0 bridgehead atoms. The van der Waals surface area contributed by atoms with E-state index in [2.05, 4.69) is 34.5 Å². The van der Waals surface area contributed by atoms with Crippen molar-refractivity contribution >= 4 is 84.6 Å². The standard InChI is InChI=1S/C14H27NO4.C13H23ClO2.C13H23IO2.C12H22O3S/c1-5-13(17)15-7-9-19-11-10-18-8-6-12(16)14(2,3)4;2*1-13(2,3)12(16)9-7-5-4-6-8-11(15)10-14;1-5-16(14,15)10-8-6-7-9-11(13)12(2,3)4/h5-11H2,1-4H3,(H,15,17);2*4-10H2,1-3H3;5H,1,6-10H2,2-4H3. The Morgan fingerprint density at radius 1 is 0.522 bits per heavy atom. The van der Waals surface area contributed by atoms with Crippen molar-refractivity contribution in [2.45, 2.75) is 206 Å². The van der Waals surface area contributed by atoms with Crippen LogP contribution in [-0.4, -0.2) is 98.1 Å². The van der Waals surface area contributed by atoms with Crippen molar-refractivity contribution in [1.29, 1.82) is 0 Å². The van der Waals surface area contributed by atoms with E-state index in [0.717, 1.165) is 69.6 Å². The molecule has 0 aliphatic heterocycles. The number of carbonyl (C=O) groups excluding carboxylic acids is 7. The fourth-order valence-corrected chi connectivity index (χ4v) is 6.57. The topological polar surface area (TPSA) is 184 Å². The lowest BCUT2D eigenvalue weighted by atomic mass is 9.88. The molecule has 1 amide bonds. The predicted octanol–water partition coefficient (Wildman–Crippen LogP) is 12.0. The van der Waals surface area contributed by atoms with Gasteiger partial charge in [0.1, 0.15) is 34.7 Å². The highest BCUT2D eigenvalue weighted by Gasteiger charge is 2.22. The first-order chi connectivity index (χ1) is 30.8. The van der Waals surface area contributed by atoms with Crippen molar-refractivity contribution in [2.75, 3.05) is 49.0 Å². The van der Waals surface area contributed by atoms with Crippen LogP contribution >= 0.6 is 34.2 Å². The van der Waals surface area contributed by atoms with Crippen LogP contribution in [0.2, 0.25) is 0 Å². The highest BCUT2D eigenvalue weighted by Crippen LogP contribution is 2.21. The first-order valence-electron chi connectivity index (χ1n) is 24.4. The van der Waals surface area contributed by atoms with Crippen LogP contribution in [0.1, 0.15) is 206 Å². The van der Waals surface area contributed by atoms with Gasteiger partial charge >= 0.3 is 0 Å². The number of unbranched alkanes of at least 4 members (excludes halogenated alkanes) is 8. The molecule has 67 heavy (non-hydrogen) atoms. The van der Waals surface area contributed by atoms with E-state index < -0.39 is 9.84 Å². The fourth-order valence-electron chi connectivity index (χ4n) is 5.28. The molecule has 0 heterocycles. The van der Waals surface area contributed by atoms with E-state index in [1.165, 1.54) is 0 Å². The summed E-state index contributed by atoms with van der Waals surface area (Å²) >= 11 is 7.49. The van der Waals surface area contributed by atoms with E-state index in [9.17, 15) is 42.0 Å². The largest absolute Gasteiger partial charge is 0.379 e. The number of alkyl halides is 2. The van der Waals surface area contributed by atoms with Gasteiger partial charge in [0.05, 0.1) is 42.5 Å². The SMILES string of the molecule is C=CS(=O)(=O)CCCCCC(=O)C(C)(C)C.CC(C)(C)C(=O)CCCCCCC(=O)CCl.CC(C)(C)C(=O)CCCCCCC(=O)CI.CCC(=O)NCCOCCOCCC(=O)C(C)(C)C. The number of halogens is 2. The van der Waals surface area contributed by atoms with Crippen LogP contribution < -0.4 is 5.32 Å². The van der Waals surface area contributed by atoms with E-state index in [1.807, 2.05) is 90.0 Å². The summed E-state index contributed by atoms with van der Waals surface area (Å²) < 4.78 is 33.4. The first-order valence-corrected chi connectivity index (χ1v) is 28.2. The number of amides is 1. The molecule has 0 aromatic carbocycles. The Balaban J connectivity index is -0.000000396. The minimum Gasteiger partial charge on any atom is -0.379 e. The molecule has 0 spiro atoms. The number of nitrogens with one attached hydrogen (secondary N) is 1. The molecule has 12 nitrogen and oxygen atoms in total. The van der Waals surface area contributed by atoms with Gasteiger partial charge in [-0.2, -0.15) is 0 Å². The van der Waals surface area contributed by atoms with Crippen molar-refractivity contribution in [2.24, 2.45) is 21.7 Å². The van der Waals surface area contributed by atoms with E-state index in [0.29, 0.717) is 106 Å². The maximum Gasteiger partial charge on any atom is 0.219 e. The van der Waals surface area contributed by atoms with Crippen molar-refractivity contribution in [3.8, 4) is 0 Å². The van der Waals surface area contributed by atoms with E-state index >= 15 is 0 Å². The van der Waals surface area contributed by atoms with Gasteiger partial charge in [0.15, 0.2) is 9.84 Å². The molecule has 0 radical (unpaired) electrons. The Labute approximate surface area is 427 Å². The lowest BCUT2D eigenvalue weighted by Gasteiger charge is -2.16. The van der Waals surface area contributed by atoms with Crippen LogP contribution in [0.5, 0.6) is 0 Å². The van der Waals surface area contributed by atoms with Gasteiger partial charge < -0.3 is 14.8 Å². The van der Waals surface area contributed by atoms with Crippen LogP contribution in [0.25, 0.3) is 0 Å². The second-order valence-corrected chi connectivity index (χ2v) is 24.0.